The van der Waals surface area contributed by atoms with E-state index in [4.69, 9.17) is 28.4 Å². The fourth-order valence-corrected chi connectivity index (χ4v) is 4.66. The van der Waals surface area contributed by atoms with Gasteiger partial charge >= 0.3 is 5.97 Å². The molecule has 4 aromatic rings. The molecule has 1 heterocycles. The van der Waals surface area contributed by atoms with Crippen LogP contribution in [-0.4, -0.2) is 51.6 Å². The molecular weight excluding hydrogens is 522 g/mol. The number of hydrogen-bond acceptors (Lipinski definition) is 7. The SMILES string of the molecule is COC(=O)c1[nH]c(-c2ccc(OC(C)C)c(OC)c2)c(-c2ccc(OC)c(OC(C)C)c2)c1-c1ccc(OC)cc1. The Bertz CT molecular complexity index is 1500. The van der Waals surface area contributed by atoms with Crippen molar-refractivity contribution in [2.75, 3.05) is 28.4 Å². The maximum Gasteiger partial charge on any atom is 0.355 e. The van der Waals surface area contributed by atoms with Crippen LogP contribution in [0.3, 0.4) is 0 Å². The summed E-state index contributed by atoms with van der Waals surface area (Å²) in [6.45, 7) is 7.83. The molecular formula is C33H37NO7. The highest BCUT2D eigenvalue weighted by Gasteiger charge is 2.27. The van der Waals surface area contributed by atoms with E-state index < -0.39 is 5.97 Å². The highest BCUT2D eigenvalue weighted by atomic mass is 16.5. The molecule has 0 atom stereocenters. The summed E-state index contributed by atoms with van der Waals surface area (Å²) in [6, 6.07) is 19.0. The maximum absolute atomic E-state index is 13.2. The van der Waals surface area contributed by atoms with Gasteiger partial charge in [0, 0.05) is 16.7 Å². The Balaban J connectivity index is 2.06. The predicted molar refractivity (Wildman–Crippen MR) is 160 cm³/mol. The fourth-order valence-electron chi connectivity index (χ4n) is 4.66. The molecule has 0 aliphatic carbocycles. The number of H-pyrrole nitrogens is 1. The minimum Gasteiger partial charge on any atom is -0.497 e. The lowest BCUT2D eigenvalue weighted by Gasteiger charge is -2.17. The third-order valence-electron chi connectivity index (χ3n) is 6.40. The summed E-state index contributed by atoms with van der Waals surface area (Å²) in [6.07, 6.45) is -0.101. The second kappa shape index (κ2) is 12.7. The number of ether oxygens (including phenoxy) is 6. The number of nitrogens with one attached hydrogen (secondary N) is 1. The van der Waals surface area contributed by atoms with Crippen LogP contribution in [0.25, 0.3) is 33.5 Å². The van der Waals surface area contributed by atoms with Crippen LogP contribution in [0.1, 0.15) is 38.2 Å². The molecule has 8 nitrogen and oxygen atoms in total. The summed E-state index contributed by atoms with van der Waals surface area (Å²) in [5.41, 5.74) is 4.88. The first-order valence-corrected chi connectivity index (χ1v) is 13.4. The molecule has 0 spiro atoms. The van der Waals surface area contributed by atoms with Gasteiger partial charge in [0.1, 0.15) is 11.4 Å². The minimum absolute atomic E-state index is 0.0259. The van der Waals surface area contributed by atoms with Gasteiger partial charge in [0.15, 0.2) is 23.0 Å². The predicted octanol–water partition coefficient (Wildman–Crippen LogP) is 7.40. The Kier molecular flexibility index (Phi) is 9.12. The number of carbonyl (C=O) groups is 1. The number of rotatable bonds is 11. The Morgan fingerprint density at radius 2 is 1.17 bits per heavy atom. The summed E-state index contributed by atoms with van der Waals surface area (Å²) in [5.74, 6) is 2.60. The number of aromatic nitrogens is 1. The summed E-state index contributed by atoms with van der Waals surface area (Å²) >= 11 is 0. The van der Waals surface area contributed by atoms with Crippen LogP contribution in [0.5, 0.6) is 28.7 Å². The molecule has 0 bridgehead atoms. The van der Waals surface area contributed by atoms with Crippen molar-refractivity contribution in [1.82, 2.24) is 4.98 Å². The number of esters is 1. The number of carbonyl (C=O) groups excluding carboxylic acids is 1. The Labute approximate surface area is 241 Å². The highest BCUT2D eigenvalue weighted by molar-refractivity contribution is 6.06. The summed E-state index contributed by atoms with van der Waals surface area (Å²) in [5, 5.41) is 0. The topological polar surface area (TPSA) is 88.2 Å². The van der Waals surface area contributed by atoms with E-state index >= 15 is 0 Å². The van der Waals surface area contributed by atoms with Crippen LogP contribution < -0.4 is 23.7 Å². The first-order chi connectivity index (χ1) is 19.7. The molecule has 0 fully saturated rings. The van der Waals surface area contributed by atoms with Crippen molar-refractivity contribution >= 4 is 5.97 Å². The molecule has 8 heteroatoms. The van der Waals surface area contributed by atoms with E-state index in [1.165, 1.54) is 7.11 Å². The first-order valence-electron chi connectivity index (χ1n) is 13.4. The van der Waals surface area contributed by atoms with Gasteiger partial charge in [-0.2, -0.15) is 0 Å². The zero-order valence-corrected chi connectivity index (χ0v) is 24.8. The molecule has 0 amide bonds. The maximum atomic E-state index is 13.2. The lowest BCUT2D eigenvalue weighted by molar-refractivity contribution is 0.0596. The van der Waals surface area contributed by atoms with Gasteiger partial charge in [-0.05, 0) is 81.3 Å². The molecule has 4 rings (SSSR count). The van der Waals surface area contributed by atoms with E-state index in [0.29, 0.717) is 45.7 Å². The third-order valence-corrected chi connectivity index (χ3v) is 6.40. The van der Waals surface area contributed by atoms with Gasteiger partial charge in [-0.15, -0.1) is 0 Å². The largest absolute Gasteiger partial charge is 0.497 e. The number of benzene rings is 3. The van der Waals surface area contributed by atoms with Crippen LogP contribution in [0.2, 0.25) is 0 Å². The zero-order valence-electron chi connectivity index (χ0n) is 24.8. The van der Waals surface area contributed by atoms with Crippen molar-refractivity contribution in [1.29, 1.82) is 0 Å². The van der Waals surface area contributed by atoms with E-state index in [1.807, 2.05) is 88.4 Å². The van der Waals surface area contributed by atoms with E-state index in [1.54, 1.807) is 21.3 Å². The smallest absolute Gasteiger partial charge is 0.355 e. The monoisotopic (exact) mass is 559 g/mol. The fraction of sp³-hybridized carbons (Fsp3) is 0.303. The molecule has 0 aliphatic heterocycles. The van der Waals surface area contributed by atoms with Gasteiger partial charge in [0.05, 0.1) is 46.3 Å². The van der Waals surface area contributed by atoms with E-state index in [2.05, 4.69) is 4.98 Å². The highest BCUT2D eigenvalue weighted by Crippen LogP contribution is 2.46. The van der Waals surface area contributed by atoms with E-state index in [9.17, 15) is 4.79 Å². The number of aromatic amines is 1. The molecule has 0 unspecified atom stereocenters. The molecule has 1 aromatic heterocycles. The minimum atomic E-state index is -0.498. The number of methoxy groups -OCH3 is 4. The van der Waals surface area contributed by atoms with Gasteiger partial charge in [0.25, 0.3) is 0 Å². The van der Waals surface area contributed by atoms with Crippen molar-refractivity contribution in [2.45, 2.75) is 39.9 Å². The Morgan fingerprint density at radius 3 is 1.76 bits per heavy atom. The normalized spacial score (nSPS) is 11.0. The van der Waals surface area contributed by atoms with E-state index in [0.717, 1.165) is 22.3 Å². The van der Waals surface area contributed by atoms with Gasteiger partial charge < -0.3 is 33.4 Å². The number of hydrogen-bond donors (Lipinski definition) is 1. The lowest BCUT2D eigenvalue weighted by Crippen LogP contribution is -2.07. The summed E-state index contributed by atoms with van der Waals surface area (Å²) < 4.78 is 33.9. The van der Waals surface area contributed by atoms with Crippen molar-refractivity contribution in [3.8, 4) is 62.3 Å². The molecule has 1 N–H and O–H groups in total. The van der Waals surface area contributed by atoms with Gasteiger partial charge in [-0.1, -0.05) is 18.2 Å². The van der Waals surface area contributed by atoms with Crippen LogP contribution in [0, 0.1) is 0 Å². The average Bonchev–Trinajstić information content (AvgIpc) is 3.37. The van der Waals surface area contributed by atoms with Gasteiger partial charge in [0.2, 0.25) is 0 Å². The average molecular weight is 560 g/mol. The molecule has 0 saturated carbocycles. The molecule has 0 radical (unpaired) electrons. The second-order valence-electron chi connectivity index (χ2n) is 9.91. The Hall–Kier alpha value is -4.59. The lowest BCUT2D eigenvalue weighted by atomic mass is 9.92. The van der Waals surface area contributed by atoms with Crippen molar-refractivity contribution in [3.05, 3.63) is 66.4 Å². The van der Waals surface area contributed by atoms with Crippen molar-refractivity contribution in [3.63, 3.8) is 0 Å². The molecule has 216 valence electrons. The van der Waals surface area contributed by atoms with Crippen LogP contribution in [0.4, 0.5) is 0 Å². The molecule has 0 saturated heterocycles. The third kappa shape index (κ3) is 6.27. The summed E-state index contributed by atoms with van der Waals surface area (Å²) in [4.78, 5) is 16.6. The quantitative estimate of drug-likeness (QED) is 0.192. The standard InChI is InChI=1S/C33H37NO7/c1-19(2)40-26-16-12-23(18-27(26)38-7)31-30(22-11-15-25(37-6)28(17-22)41-20(3)4)29(32(34-31)33(35)39-8)21-9-13-24(36-5)14-10-21/h9-20,34H,1-8H3. The van der Waals surface area contributed by atoms with Crippen LogP contribution in [-0.2, 0) is 4.74 Å². The van der Waals surface area contributed by atoms with Crippen molar-refractivity contribution < 1.29 is 33.2 Å². The van der Waals surface area contributed by atoms with Gasteiger partial charge in [-0.3, -0.25) is 0 Å². The van der Waals surface area contributed by atoms with Crippen LogP contribution >= 0.6 is 0 Å². The first kappa shape index (κ1) is 29.4. The molecule has 3 aromatic carbocycles. The zero-order chi connectivity index (χ0) is 29.7. The van der Waals surface area contributed by atoms with Crippen molar-refractivity contribution in [2.24, 2.45) is 0 Å². The van der Waals surface area contributed by atoms with Gasteiger partial charge in [-0.25, -0.2) is 4.79 Å². The summed E-state index contributed by atoms with van der Waals surface area (Å²) in [7, 11) is 6.18. The molecule has 41 heavy (non-hydrogen) atoms. The Morgan fingerprint density at radius 1 is 0.610 bits per heavy atom. The van der Waals surface area contributed by atoms with E-state index in [-0.39, 0.29) is 12.2 Å². The molecule has 0 aliphatic rings. The second-order valence-corrected chi connectivity index (χ2v) is 9.91. The van der Waals surface area contributed by atoms with Crippen LogP contribution in [0.15, 0.2) is 60.7 Å².